The molecule has 1 rings (SSSR count). The lowest BCUT2D eigenvalue weighted by molar-refractivity contribution is -0.179. The maximum absolute atomic E-state index is 10.6. The van der Waals surface area contributed by atoms with E-state index in [1.165, 1.54) is 13.8 Å². The molecule has 6 nitrogen and oxygen atoms in total. The molecule has 1 saturated heterocycles. The summed E-state index contributed by atoms with van der Waals surface area (Å²) >= 11 is 0. The summed E-state index contributed by atoms with van der Waals surface area (Å²) in [5.74, 6) is -0.208. The number of rotatable bonds is 4. The highest BCUT2D eigenvalue weighted by molar-refractivity contribution is 5.76. The van der Waals surface area contributed by atoms with Gasteiger partial charge < -0.3 is 24.8 Å². The lowest BCUT2D eigenvalue weighted by atomic mass is 10.1. The van der Waals surface area contributed by atoms with Crippen molar-refractivity contribution in [1.82, 2.24) is 0 Å². The third-order valence-corrected chi connectivity index (χ3v) is 2.18. The second-order valence-corrected chi connectivity index (χ2v) is 3.70. The van der Waals surface area contributed by atoms with Crippen molar-refractivity contribution in [1.29, 1.82) is 0 Å². The van der Waals surface area contributed by atoms with E-state index in [4.69, 9.17) is 9.47 Å². The third-order valence-electron chi connectivity index (χ3n) is 2.18. The monoisotopic (exact) mass is 220 g/mol. The van der Waals surface area contributed by atoms with Crippen LogP contribution < -0.4 is 0 Å². The molecule has 0 aliphatic carbocycles. The molecule has 88 valence electrons. The normalized spacial score (nSPS) is 37.9. The Labute approximate surface area is 87.4 Å². The molecular formula is C9H16O6. The molecule has 6 heteroatoms. The standard InChI is InChI=1S/C9H16O6/c1-4(10)3-14-9-7(13)6(12)8(15-9)5(2)11/h5-9,11-13H,3H2,1-2H3/t5?,6-,7-,8+,9-/m0/s1. The van der Waals surface area contributed by atoms with Crippen molar-refractivity contribution in [2.75, 3.05) is 6.61 Å². The third kappa shape index (κ3) is 2.96. The van der Waals surface area contributed by atoms with Crippen LogP contribution >= 0.6 is 0 Å². The molecule has 0 bridgehead atoms. The van der Waals surface area contributed by atoms with Crippen LogP contribution in [0.15, 0.2) is 0 Å². The van der Waals surface area contributed by atoms with Gasteiger partial charge in [-0.2, -0.15) is 0 Å². The molecule has 1 unspecified atom stereocenters. The van der Waals surface area contributed by atoms with Gasteiger partial charge in [-0.3, -0.25) is 4.79 Å². The first-order valence-corrected chi connectivity index (χ1v) is 4.74. The summed E-state index contributed by atoms with van der Waals surface area (Å²) in [7, 11) is 0. The summed E-state index contributed by atoms with van der Waals surface area (Å²) in [6, 6.07) is 0. The van der Waals surface area contributed by atoms with Gasteiger partial charge in [0.15, 0.2) is 12.1 Å². The molecule has 0 radical (unpaired) electrons. The van der Waals surface area contributed by atoms with Gasteiger partial charge in [-0.1, -0.05) is 0 Å². The summed E-state index contributed by atoms with van der Waals surface area (Å²) in [5, 5.41) is 28.1. The van der Waals surface area contributed by atoms with Gasteiger partial charge in [0.2, 0.25) is 0 Å². The van der Waals surface area contributed by atoms with E-state index in [1.54, 1.807) is 0 Å². The first kappa shape index (κ1) is 12.5. The molecule has 0 aromatic carbocycles. The van der Waals surface area contributed by atoms with Gasteiger partial charge in [0.05, 0.1) is 6.10 Å². The van der Waals surface area contributed by atoms with Crippen LogP contribution in [0.4, 0.5) is 0 Å². The first-order valence-electron chi connectivity index (χ1n) is 4.74. The van der Waals surface area contributed by atoms with Crippen molar-refractivity contribution in [2.45, 2.75) is 44.6 Å². The van der Waals surface area contributed by atoms with Gasteiger partial charge in [0.25, 0.3) is 0 Å². The van der Waals surface area contributed by atoms with Crippen LogP contribution in [-0.4, -0.2) is 58.4 Å². The molecule has 0 amide bonds. The summed E-state index contributed by atoms with van der Waals surface area (Å²) in [5.41, 5.74) is 0. The Morgan fingerprint density at radius 1 is 1.47 bits per heavy atom. The van der Waals surface area contributed by atoms with Crippen LogP contribution in [-0.2, 0) is 14.3 Å². The van der Waals surface area contributed by atoms with Gasteiger partial charge in [-0.05, 0) is 13.8 Å². The predicted octanol–water partition coefficient (Wildman–Crippen LogP) is -1.58. The molecule has 5 atom stereocenters. The maximum Gasteiger partial charge on any atom is 0.187 e. The summed E-state index contributed by atoms with van der Waals surface area (Å²) in [6.07, 6.45) is -5.33. The number of carbonyl (C=O) groups excluding carboxylic acids is 1. The highest BCUT2D eigenvalue weighted by atomic mass is 16.7. The highest BCUT2D eigenvalue weighted by Crippen LogP contribution is 2.24. The maximum atomic E-state index is 10.6. The smallest absolute Gasteiger partial charge is 0.187 e. The zero-order valence-electron chi connectivity index (χ0n) is 8.66. The number of carbonyl (C=O) groups is 1. The number of Topliss-reactive ketones (excluding diaryl/α,β-unsaturated/α-hetero) is 1. The molecule has 1 aliphatic rings. The predicted molar refractivity (Wildman–Crippen MR) is 49.0 cm³/mol. The van der Waals surface area contributed by atoms with Gasteiger partial charge in [-0.15, -0.1) is 0 Å². The van der Waals surface area contributed by atoms with Gasteiger partial charge in [-0.25, -0.2) is 0 Å². The summed E-state index contributed by atoms with van der Waals surface area (Å²) in [4.78, 5) is 10.6. The van der Waals surface area contributed by atoms with Crippen LogP contribution in [0.3, 0.4) is 0 Å². The number of hydrogen-bond acceptors (Lipinski definition) is 6. The molecule has 15 heavy (non-hydrogen) atoms. The SMILES string of the molecule is CC(=O)CO[C@H]1O[C@H](C(C)O)[C@@H](O)[C@@H]1O. The Morgan fingerprint density at radius 3 is 2.47 bits per heavy atom. The molecule has 3 N–H and O–H groups in total. The van der Waals surface area contributed by atoms with Crippen molar-refractivity contribution in [3.05, 3.63) is 0 Å². The fourth-order valence-corrected chi connectivity index (χ4v) is 1.41. The number of aliphatic hydroxyl groups is 3. The quantitative estimate of drug-likeness (QED) is 0.529. The van der Waals surface area contributed by atoms with Crippen molar-refractivity contribution in [3.63, 3.8) is 0 Å². The van der Waals surface area contributed by atoms with Crippen LogP contribution in [0.2, 0.25) is 0 Å². The van der Waals surface area contributed by atoms with Gasteiger partial charge in [0, 0.05) is 0 Å². The molecule has 0 aromatic heterocycles. The second-order valence-electron chi connectivity index (χ2n) is 3.70. The van der Waals surface area contributed by atoms with E-state index >= 15 is 0 Å². The van der Waals surface area contributed by atoms with E-state index in [2.05, 4.69) is 0 Å². The van der Waals surface area contributed by atoms with Crippen LogP contribution in [0.1, 0.15) is 13.8 Å². The fraction of sp³-hybridized carbons (Fsp3) is 0.889. The lowest BCUT2D eigenvalue weighted by Gasteiger charge is -2.16. The zero-order chi connectivity index (χ0) is 11.6. The van der Waals surface area contributed by atoms with E-state index in [9.17, 15) is 20.1 Å². The van der Waals surface area contributed by atoms with Crippen LogP contribution in [0, 0.1) is 0 Å². The van der Waals surface area contributed by atoms with E-state index in [1.807, 2.05) is 0 Å². The largest absolute Gasteiger partial charge is 0.391 e. The Kier molecular flexibility index (Phi) is 4.18. The molecule has 1 heterocycles. The average Bonchev–Trinajstić information content (AvgIpc) is 2.41. The van der Waals surface area contributed by atoms with Crippen molar-refractivity contribution in [3.8, 4) is 0 Å². The Morgan fingerprint density at radius 2 is 2.07 bits per heavy atom. The fourth-order valence-electron chi connectivity index (χ4n) is 1.41. The van der Waals surface area contributed by atoms with Gasteiger partial charge >= 0.3 is 0 Å². The lowest BCUT2D eigenvalue weighted by Crippen LogP contribution is -2.37. The molecule has 0 spiro atoms. The second kappa shape index (κ2) is 5.00. The Hall–Kier alpha value is -0.530. The Bertz CT molecular complexity index is 229. The van der Waals surface area contributed by atoms with Crippen molar-refractivity contribution >= 4 is 5.78 Å². The Balaban J connectivity index is 2.51. The number of ether oxygens (including phenoxy) is 2. The number of aliphatic hydroxyl groups excluding tert-OH is 3. The molecular weight excluding hydrogens is 204 g/mol. The number of ketones is 1. The molecule has 1 aliphatic heterocycles. The van der Waals surface area contributed by atoms with E-state index in [-0.39, 0.29) is 12.4 Å². The minimum absolute atomic E-state index is 0.193. The highest BCUT2D eigenvalue weighted by Gasteiger charge is 2.45. The van der Waals surface area contributed by atoms with Crippen molar-refractivity contribution < 1.29 is 29.6 Å². The summed E-state index contributed by atoms with van der Waals surface area (Å²) in [6.45, 7) is 2.58. The minimum Gasteiger partial charge on any atom is -0.391 e. The van der Waals surface area contributed by atoms with E-state index < -0.39 is 30.7 Å². The molecule has 0 aromatic rings. The molecule has 1 fully saturated rings. The van der Waals surface area contributed by atoms with Crippen LogP contribution in [0.5, 0.6) is 0 Å². The molecule has 0 saturated carbocycles. The van der Waals surface area contributed by atoms with Gasteiger partial charge in [0.1, 0.15) is 24.9 Å². The van der Waals surface area contributed by atoms with E-state index in [0.29, 0.717) is 0 Å². The zero-order valence-corrected chi connectivity index (χ0v) is 8.66. The van der Waals surface area contributed by atoms with Crippen molar-refractivity contribution in [2.24, 2.45) is 0 Å². The minimum atomic E-state index is -1.25. The first-order chi connectivity index (χ1) is 6.93. The topological polar surface area (TPSA) is 96.2 Å². The van der Waals surface area contributed by atoms with E-state index in [0.717, 1.165) is 0 Å². The van der Waals surface area contributed by atoms with Crippen LogP contribution in [0.25, 0.3) is 0 Å². The average molecular weight is 220 g/mol. The number of hydrogen-bond donors (Lipinski definition) is 3. The summed E-state index contributed by atoms with van der Waals surface area (Å²) < 4.78 is 10.0.